The van der Waals surface area contributed by atoms with E-state index < -0.39 is 0 Å². The molecule has 0 aromatic carbocycles. The molecule has 0 radical (unpaired) electrons. The Morgan fingerprint density at radius 3 is 2.94 bits per heavy atom. The van der Waals surface area contributed by atoms with Crippen molar-refractivity contribution in [1.82, 2.24) is 4.98 Å². The highest BCUT2D eigenvalue weighted by Gasteiger charge is 2.21. The van der Waals surface area contributed by atoms with Gasteiger partial charge in [-0.05, 0) is 31.1 Å². The van der Waals surface area contributed by atoms with Crippen LogP contribution in [0.4, 0.5) is 6.01 Å². The van der Waals surface area contributed by atoms with Crippen molar-refractivity contribution in [2.75, 3.05) is 18.0 Å². The van der Waals surface area contributed by atoms with Crippen LogP contribution in [-0.4, -0.2) is 23.2 Å². The fourth-order valence-corrected chi connectivity index (χ4v) is 2.49. The first kappa shape index (κ1) is 12.4. The van der Waals surface area contributed by atoms with Gasteiger partial charge in [0.05, 0.1) is 6.61 Å². The molecule has 1 aliphatic rings. The third kappa shape index (κ3) is 3.00. The third-order valence-corrected chi connectivity index (χ3v) is 3.69. The minimum atomic E-state index is -0.0496. The van der Waals surface area contributed by atoms with Crippen molar-refractivity contribution in [3.8, 4) is 0 Å². The Morgan fingerprint density at radius 1 is 1.47 bits per heavy atom. The van der Waals surface area contributed by atoms with Crippen LogP contribution < -0.4 is 4.90 Å². The molecule has 2 heterocycles. The summed E-state index contributed by atoms with van der Waals surface area (Å²) in [5.41, 5.74) is 0.615. The Bertz CT molecular complexity index is 349. The molecule has 1 aromatic heterocycles. The zero-order valence-corrected chi connectivity index (χ0v) is 10.7. The van der Waals surface area contributed by atoms with E-state index in [4.69, 9.17) is 9.52 Å². The predicted octanol–water partition coefficient (Wildman–Crippen LogP) is 2.43. The van der Waals surface area contributed by atoms with Crippen molar-refractivity contribution >= 4 is 6.01 Å². The average molecular weight is 238 g/mol. The summed E-state index contributed by atoms with van der Waals surface area (Å²) in [4.78, 5) is 6.47. The third-order valence-electron chi connectivity index (χ3n) is 3.69. The van der Waals surface area contributed by atoms with Crippen molar-refractivity contribution in [3.05, 3.63) is 12.0 Å². The maximum atomic E-state index is 8.98. The zero-order valence-electron chi connectivity index (χ0n) is 10.7. The van der Waals surface area contributed by atoms with Crippen LogP contribution in [0.15, 0.2) is 10.7 Å². The molecule has 4 nitrogen and oxygen atoms in total. The van der Waals surface area contributed by atoms with Gasteiger partial charge in [0, 0.05) is 13.1 Å². The highest BCUT2D eigenvalue weighted by atomic mass is 16.4. The summed E-state index contributed by atoms with van der Waals surface area (Å²) in [5.74, 6) is 1.57. The number of hydrogen-bond donors (Lipinski definition) is 1. The lowest BCUT2D eigenvalue weighted by molar-refractivity contribution is 0.276. The standard InChI is InChI=1S/C13H22N2O2/c1-10(2)11-4-3-6-15(7-5-11)13-14-12(8-16)9-17-13/h9-11,16H,3-8H2,1-2H3. The first-order chi connectivity index (χ1) is 8.20. The molecule has 0 saturated carbocycles. The molecule has 1 fully saturated rings. The Hall–Kier alpha value is -1.03. The number of aromatic nitrogens is 1. The van der Waals surface area contributed by atoms with Crippen LogP contribution in [0.3, 0.4) is 0 Å². The number of aliphatic hydroxyl groups excluding tert-OH is 1. The molecule has 1 aromatic rings. The minimum Gasteiger partial charge on any atom is -0.432 e. The van der Waals surface area contributed by atoms with Crippen molar-refractivity contribution in [2.45, 2.75) is 39.7 Å². The molecule has 2 rings (SSSR count). The van der Waals surface area contributed by atoms with Crippen molar-refractivity contribution < 1.29 is 9.52 Å². The topological polar surface area (TPSA) is 49.5 Å². The maximum absolute atomic E-state index is 8.98. The van der Waals surface area contributed by atoms with E-state index in [0.717, 1.165) is 24.9 Å². The summed E-state index contributed by atoms with van der Waals surface area (Å²) in [7, 11) is 0. The van der Waals surface area contributed by atoms with E-state index in [9.17, 15) is 0 Å². The van der Waals surface area contributed by atoms with E-state index in [0.29, 0.717) is 11.7 Å². The summed E-state index contributed by atoms with van der Waals surface area (Å²) in [6, 6.07) is 0.665. The van der Waals surface area contributed by atoms with Crippen LogP contribution in [0.5, 0.6) is 0 Å². The second-order valence-corrected chi connectivity index (χ2v) is 5.20. The number of rotatable bonds is 3. The van der Waals surface area contributed by atoms with E-state index in [2.05, 4.69) is 23.7 Å². The Morgan fingerprint density at radius 2 is 2.29 bits per heavy atom. The summed E-state index contributed by atoms with van der Waals surface area (Å²) >= 11 is 0. The van der Waals surface area contributed by atoms with Gasteiger partial charge in [-0.1, -0.05) is 13.8 Å². The average Bonchev–Trinajstić information content (AvgIpc) is 2.65. The lowest BCUT2D eigenvalue weighted by Crippen LogP contribution is -2.24. The molecule has 96 valence electrons. The van der Waals surface area contributed by atoms with Crippen LogP contribution in [0.25, 0.3) is 0 Å². The van der Waals surface area contributed by atoms with Crippen LogP contribution in [0, 0.1) is 11.8 Å². The predicted molar refractivity (Wildman–Crippen MR) is 66.8 cm³/mol. The number of nitrogens with zero attached hydrogens (tertiary/aromatic N) is 2. The molecule has 1 aliphatic heterocycles. The van der Waals surface area contributed by atoms with Crippen molar-refractivity contribution in [1.29, 1.82) is 0 Å². The Kier molecular flexibility index (Phi) is 4.05. The van der Waals surface area contributed by atoms with E-state index in [1.54, 1.807) is 6.26 Å². The van der Waals surface area contributed by atoms with Crippen LogP contribution >= 0.6 is 0 Å². The summed E-state index contributed by atoms with van der Waals surface area (Å²) in [5, 5.41) is 8.98. The van der Waals surface area contributed by atoms with Gasteiger partial charge in [0.1, 0.15) is 12.0 Å². The monoisotopic (exact) mass is 238 g/mol. The first-order valence-corrected chi connectivity index (χ1v) is 6.51. The van der Waals surface area contributed by atoms with E-state index in [-0.39, 0.29) is 6.61 Å². The normalized spacial score (nSPS) is 21.9. The van der Waals surface area contributed by atoms with Gasteiger partial charge in [-0.25, -0.2) is 0 Å². The summed E-state index contributed by atoms with van der Waals surface area (Å²) < 4.78 is 5.40. The van der Waals surface area contributed by atoms with Crippen LogP contribution in [0.2, 0.25) is 0 Å². The number of aliphatic hydroxyl groups is 1. The highest BCUT2D eigenvalue weighted by Crippen LogP contribution is 2.26. The fraction of sp³-hybridized carbons (Fsp3) is 0.769. The zero-order chi connectivity index (χ0) is 12.3. The van der Waals surface area contributed by atoms with E-state index in [1.165, 1.54) is 19.3 Å². The van der Waals surface area contributed by atoms with Crippen LogP contribution in [0.1, 0.15) is 38.8 Å². The molecule has 1 saturated heterocycles. The Labute approximate surface area is 103 Å². The molecule has 17 heavy (non-hydrogen) atoms. The van der Waals surface area contributed by atoms with E-state index >= 15 is 0 Å². The van der Waals surface area contributed by atoms with Gasteiger partial charge in [-0.3, -0.25) is 0 Å². The fourth-order valence-electron chi connectivity index (χ4n) is 2.49. The molecule has 0 amide bonds. The molecule has 1 unspecified atom stereocenters. The maximum Gasteiger partial charge on any atom is 0.297 e. The lowest BCUT2D eigenvalue weighted by Gasteiger charge is -2.19. The molecule has 0 spiro atoms. The second-order valence-electron chi connectivity index (χ2n) is 5.20. The summed E-state index contributed by atoms with van der Waals surface area (Å²) in [6.45, 7) is 6.57. The molecular weight excluding hydrogens is 216 g/mol. The summed E-state index contributed by atoms with van der Waals surface area (Å²) in [6.07, 6.45) is 5.23. The van der Waals surface area contributed by atoms with Gasteiger partial charge < -0.3 is 14.4 Å². The number of anilines is 1. The smallest absolute Gasteiger partial charge is 0.297 e. The molecule has 1 atom stereocenters. The van der Waals surface area contributed by atoms with Gasteiger partial charge in [0.15, 0.2) is 0 Å². The van der Waals surface area contributed by atoms with Gasteiger partial charge in [0.25, 0.3) is 6.01 Å². The number of hydrogen-bond acceptors (Lipinski definition) is 4. The lowest BCUT2D eigenvalue weighted by atomic mass is 9.89. The molecule has 0 aliphatic carbocycles. The van der Waals surface area contributed by atoms with Gasteiger partial charge >= 0.3 is 0 Å². The van der Waals surface area contributed by atoms with Gasteiger partial charge in [-0.2, -0.15) is 4.98 Å². The van der Waals surface area contributed by atoms with Crippen molar-refractivity contribution in [2.24, 2.45) is 11.8 Å². The van der Waals surface area contributed by atoms with Crippen LogP contribution in [-0.2, 0) is 6.61 Å². The number of oxazole rings is 1. The highest BCUT2D eigenvalue weighted by molar-refractivity contribution is 5.26. The molecule has 4 heteroatoms. The Balaban J connectivity index is 1.98. The molecule has 0 bridgehead atoms. The first-order valence-electron chi connectivity index (χ1n) is 6.51. The molecular formula is C13H22N2O2. The quantitative estimate of drug-likeness (QED) is 0.878. The largest absolute Gasteiger partial charge is 0.432 e. The van der Waals surface area contributed by atoms with E-state index in [1.807, 2.05) is 0 Å². The SMILES string of the molecule is CC(C)C1CCCN(c2nc(CO)co2)CC1. The second kappa shape index (κ2) is 5.54. The van der Waals surface area contributed by atoms with Crippen molar-refractivity contribution in [3.63, 3.8) is 0 Å². The van der Waals surface area contributed by atoms with Gasteiger partial charge in [-0.15, -0.1) is 0 Å². The van der Waals surface area contributed by atoms with Gasteiger partial charge in [0.2, 0.25) is 0 Å². The minimum absolute atomic E-state index is 0.0496. The molecule has 1 N–H and O–H groups in total.